The van der Waals surface area contributed by atoms with Crippen LogP contribution in [0.2, 0.25) is 25.7 Å². The predicted molar refractivity (Wildman–Crippen MR) is 142 cm³/mol. The van der Waals surface area contributed by atoms with Crippen molar-refractivity contribution < 1.29 is 19.0 Å². The number of ether oxygens (including phenoxy) is 3. The maximum absolute atomic E-state index is 13.3. The van der Waals surface area contributed by atoms with Crippen molar-refractivity contribution in [3.8, 4) is 0 Å². The number of nitrogens with zero attached hydrogens (tertiary/aromatic N) is 5. The monoisotopic (exact) mass is 513 g/mol. The minimum atomic E-state index is -1.15. The molecule has 10 heteroatoms. The third-order valence-corrected chi connectivity index (χ3v) is 9.09. The number of rotatable bonds is 10. The Morgan fingerprint density at radius 3 is 2.56 bits per heavy atom. The second-order valence-corrected chi connectivity index (χ2v) is 16.7. The summed E-state index contributed by atoms with van der Waals surface area (Å²) in [7, 11) is 2.23. The molecule has 36 heavy (non-hydrogen) atoms. The first-order valence-electron chi connectivity index (χ1n) is 12.8. The fourth-order valence-corrected chi connectivity index (χ4v) is 6.14. The summed E-state index contributed by atoms with van der Waals surface area (Å²) in [6.45, 7) is 16.0. The van der Waals surface area contributed by atoms with Crippen LogP contribution in [-0.2, 0) is 20.9 Å². The summed E-state index contributed by atoms with van der Waals surface area (Å²) in [5.41, 5.74) is 2.33. The van der Waals surface area contributed by atoms with E-state index in [4.69, 9.17) is 20.8 Å². The zero-order valence-corrected chi connectivity index (χ0v) is 23.2. The van der Waals surface area contributed by atoms with E-state index < -0.39 is 8.07 Å². The molecule has 3 heterocycles. The zero-order valence-electron chi connectivity index (χ0n) is 22.2. The van der Waals surface area contributed by atoms with Gasteiger partial charge < -0.3 is 23.7 Å². The van der Waals surface area contributed by atoms with Crippen molar-refractivity contribution in [1.29, 1.82) is 0 Å². The van der Waals surface area contributed by atoms with E-state index >= 15 is 0 Å². The van der Waals surface area contributed by atoms with E-state index in [1.54, 1.807) is 25.3 Å². The molecule has 0 bridgehead atoms. The summed E-state index contributed by atoms with van der Waals surface area (Å²) in [4.78, 5) is 25.4. The molecular weight excluding hydrogens is 474 g/mol. The van der Waals surface area contributed by atoms with Gasteiger partial charge in [-0.05, 0) is 37.8 Å². The topological polar surface area (TPSA) is 73.4 Å². The number of pyridine rings is 1. The predicted octanol–water partition coefficient (Wildman–Crippen LogP) is 4.62. The zero-order chi connectivity index (χ0) is 25.9. The highest BCUT2D eigenvalue weighted by atomic mass is 28.3. The lowest BCUT2D eigenvalue weighted by atomic mass is 9.84. The molecule has 1 aliphatic heterocycles. The first-order chi connectivity index (χ1) is 17.3. The summed E-state index contributed by atoms with van der Waals surface area (Å²) < 4.78 is 19.0. The SMILES string of the molecule is [C-]#[N+]CN1CN(C2CCC(C(OC)OC)CC2)c2c(cnc3c2ccn3COCC[Si](C)(C)C)C1=O. The Bertz CT molecular complexity index is 1100. The number of methoxy groups -OCH3 is 2. The molecule has 2 aromatic rings. The average molecular weight is 514 g/mol. The maximum Gasteiger partial charge on any atom is 0.293 e. The number of amides is 1. The van der Waals surface area contributed by atoms with Crippen LogP contribution in [0.5, 0.6) is 0 Å². The molecule has 2 aromatic heterocycles. The molecule has 0 atom stereocenters. The normalized spacial score (nSPS) is 20.8. The van der Waals surface area contributed by atoms with Gasteiger partial charge in [0.1, 0.15) is 19.0 Å². The van der Waals surface area contributed by atoms with Gasteiger partial charge in [-0.2, -0.15) is 0 Å². The van der Waals surface area contributed by atoms with Gasteiger partial charge >= 0.3 is 0 Å². The number of hydrogen-bond donors (Lipinski definition) is 0. The van der Waals surface area contributed by atoms with Gasteiger partial charge in [0.25, 0.3) is 12.6 Å². The Morgan fingerprint density at radius 2 is 1.92 bits per heavy atom. The lowest BCUT2D eigenvalue weighted by Gasteiger charge is -2.44. The molecule has 0 spiro atoms. The Labute approximate surface area is 215 Å². The molecular formula is C26H39N5O4Si. The van der Waals surface area contributed by atoms with Crippen LogP contribution in [0.3, 0.4) is 0 Å². The molecule has 1 aliphatic carbocycles. The Kier molecular flexibility index (Phi) is 8.35. The van der Waals surface area contributed by atoms with Crippen molar-refractivity contribution in [1.82, 2.24) is 14.5 Å². The van der Waals surface area contributed by atoms with Gasteiger partial charge in [0.05, 0.1) is 11.3 Å². The number of hydrogen-bond acceptors (Lipinski definition) is 6. The molecule has 0 saturated heterocycles. The first-order valence-corrected chi connectivity index (χ1v) is 16.5. The standard InChI is InChI=1S/C26H39N5O4Si/c1-27-16-30-17-31(20-9-7-19(8-10-20)26(33-2)34-3)23-21-11-12-29(18-35-13-14-36(4,5)6)24(21)28-15-22(23)25(30)32/h11-12,15,19-20,26H,7-10,13-14,16-18H2,2-6H3. The minimum absolute atomic E-state index is 0.0452. The molecule has 1 amide bonds. The molecule has 1 fully saturated rings. The lowest BCUT2D eigenvalue weighted by Crippen LogP contribution is -2.52. The molecule has 1 saturated carbocycles. The van der Waals surface area contributed by atoms with Crippen molar-refractivity contribution in [3.63, 3.8) is 0 Å². The van der Waals surface area contributed by atoms with Crippen LogP contribution >= 0.6 is 0 Å². The molecule has 0 aromatic carbocycles. The van der Waals surface area contributed by atoms with Gasteiger partial charge in [0, 0.05) is 58.6 Å². The molecule has 9 nitrogen and oxygen atoms in total. The van der Waals surface area contributed by atoms with E-state index in [1.807, 2.05) is 16.8 Å². The van der Waals surface area contributed by atoms with Crippen molar-refractivity contribution in [2.24, 2.45) is 5.92 Å². The van der Waals surface area contributed by atoms with Crippen LogP contribution in [0, 0.1) is 12.5 Å². The van der Waals surface area contributed by atoms with E-state index in [0.29, 0.717) is 24.9 Å². The average Bonchev–Trinajstić information content (AvgIpc) is 3.27. The van der Waals surface area contributed by atoms with Crippen LogP contribution in [0.25, 0.3) is 15.9 Å². The van der Waals surface area contributed by atoms with Crippen molar-refractivity contribution >= 4 is 30.7 Å². The molecule has 0 radical (unpaired) electrons. The van der Waals surface area contributed by atoms with Gasteiger partial charge in [-0.25, -0.2) is 11.6 Å². The second kappa shape index (κ2) is 11.3. The van der Waals surface area contributed by atoms with E-state index in [9.17, 15) is 4.79 Å². The summed E-state index contributed by atoms with van der Waals surface area (Å²) in [6, 6.07) is 3.42. The third-order valence-electron chi connectivity index (χ3n) is 7.39. The number of anilines is 1. The van der Waals surface area contributed by atoms with Crippen LogP contribution in [0.4, 0.5) is 5.69 Å². The fourth-order valence-electron chi connectivity index (χ4n) is 5.38. The van der Waals surface area contributed by atoms with Crippen LogP contribution in [0.1, 0.15) is 36.0 Å². The van der Waals surface area contributed by atoms with Gasteiger partial charge in [-0.3, -0.25) is 14.5 Å². The van der Waals surface area contributed by atoms with E-state index in [2.05, 4.69) is 34.4 Å². The highest BCUT2D eigenvalue weighted by Crippen LogP contribution is 2.40. The number of carbonyl (C=O) groups excluding carboxylic acids is 1. The molecule has 196 valence electrons. The fraction of sp³-hybridized carbons (Fsp3) is 0.654. The first kappa shape index (κ1) is 26.6. The van der Waals surface area contributed by atoms with Gasteiger partial charge in [-0.1, -0.05) is 19.6 Å². The number of fused-ring (bicyclic) bond motifs is 3. The Hall–Kier alpha value is -2.45. The largest absolute Gasteiger partial charge is 0.361 e. The van der Waals surface area contributed by atoms with Gasteiger partial charge in [0.15, 0.2) is 6.29 Å². The van der Waals surface area contributed by atoms with Crippen molar-refractivity contribution in [3.05, 3.63) is 35.4 Å². The van der Waals surface area contributed by atoms with E-state index in [0.717, 1.165) is 55.1 Å². The summed E-state index contributed by atoms with van der Waals surface area (Å²) >= 11 is 0. The molecule has 2 aliphatic rings. The summed E-state index contributed by atoms with van der Waals surface area (Å²) in [5, 5.41) is 0.964. The highest BCUT2D eigenvalue weighted by molar-refractivity contribution is 6.76. The van der Waals surface area contributed by atoms with E-state index in [1.165, 1.54) is 0 Å². The smallest absolute Gasteiger partial charge is 0.293 e. The molecule has 0 N–H and O–H groups in total. The highest BCUT2D eigenvalue weighted by Gasteiger charge is 2.38. The lowest BCUT2D eigenvalue weighted by molar-refractivity contribution is -0.144. The third kappa shape index (κ3) is 5.59. The summed E-state index contributed by atoms with van der Waals surface area (Å²) in [6.07, 6.45) is 7.40. The maximum atomic E-state index is 13.3. The van der Waals surface area contributed by atoms with Crippen LogP contribution in [-0.4, -0.2) is 74.9 Å². The van der Waals surface area contributed by atoms with Crippen molar-refractivity contribution in [2.75, 3.05) is 39.1 Å². The quantitative estimate of drug-likeness (QED) is 0.200. The molecule has 0 unspecified atom stereocenters. The summed E-state index contributed by atoms with van der Waals surface area (Å²) in [5.74, 6) is 0.228. The number of aromatic nitrogens is 2. The molecule has 4 rings (SSSR count). The second-order valence-electron chi connectivity index (χ2n) is 11.1. The van der Waals surface area contributed by atoms with Gasteiger partial charge in [-0.15, -0.1) is 0 Å². The minimum Gasteiger partial charge on any atom is -0.361 e. The Balaban J connectivity index is 1.61. The van der Waals surface area contributed by atoms with Gasteiger partial charge in [0.2, 0.25) is 0 Å². The van der Waals surface area contributed by atoms with Crippen LogP contribution in [0.15, 0.2) is 18.5 Å². The Morgan fingerprint density at radius 1 is 1.19 bits per heavy atom. The number of carbonyl (C=O) groups is 1. The van der Waals surface area contributed by atoms with Crippen LogP contribution < -0.4 is 4.90 Å². The van der Waals surface area contributed by atoms with Crippen molar-refractivity contribution in [2.45, 2.75) is 70.4 Å². The van der Waals surface area contributed by atoms with E-state index in [-0.39, 0.29) is 24.9 Å².